The normalized spacial score (nSPS) is 21.5. The molecule has 2 saturated carbocycles. The number of carbonyl (C=O) groups excluding carboxylic acids is 1. The van der Waals surface area contributed by atoms with Crippen molar-refractivity contribution in [3.8, 4) is 16.9 Å². The van der Waals surface area contributed by atoms with Crippen LogP contribution in [0.25, 0.3) is 16.3 Å². The molecule has 10 nitrogen and oxygen atoms in total. The summed E-state index contributed by atoms with van der Waals surface area (Å²) in [5, 5.41) is 22.7. The Morgan fingerprint density at radius 3 is 2.59 bits per heavy atom. The van der Waals surface area contributed by atoms with Crippen molar-refractivity contribution >= 4 is 40.8 Å². The fourth-order valence-electron chi connectivity index (χ4n) is 4.56. The van der Waals surface area contributed by atoms with Gasteiger partial charge in [-0.3, -0.25) is 9.12 Å². The fourth-order valence-corrected chi connectivity index (χ4v) is 6.52. The van der Waals surface area contributed by atoms with Crippen LogP contribution < -0.4 is 14.9 Å². The third-order valence-electron chi connectivity index (χ3n) is 7.93. The van der Waals surface area contributed by atoms with E-state index < -0.39 is 5.41 Å². The molecule has 0 bridgehead atoms. The minimum atomic E-state index is -0.455. The van der Waals surface area contributed by atoms with E-state index in [1.54, 1.807) is 0 Å². The predicted octanol–water partition coefficient (Wildman–Crippen LogP) is 2.66. The van der Waals surface area contributed by atoms with E-state index >= 15 is 0 Å². The Labute approximate surface area is 235 Å². The van der Waals surface area contributed by atoms with Crippen molar-refractivity contribution in [1.82, 2.24) is 34.5 Å². The zero-order valence-electron chi connectivity index (χ0n) is 21.9. The van der Waals surface area contributed by atoms with Crippen molar-refractivity contribution < 1.29 is 9.18 Å². The highest BCUT2D eigenvalue weighted by Crippen LogP contribution is 2.49. The summed E-state index contributed by atoms with van der Waals surface area (Å²) >= 11 is 2.94. The molecule has 0 spiro atoms. The second-order valence-electron chi connectivity index (χ2n) is 11.0. The average Bonchev–Trinajstić information content (AvgIpc) is 3.81. The number of aromatic nitrogens is 4. The molecular weight excluding hydrogens is 537 g/mol. The number of imidazole rings is 1. The second-order valence-corrected chi connectivity index (χ2v) is 12.8. The third-order valence-corrected chi connectivity index (χ3v) is 10.0. The van der Waals surface area contributed by atoms with Crippen LogP contribution in [0.15, 0.2) is 23.4 Å². The van der Waals surface area contributed by atoms with Gasteiger partial charge < -0.3 is 19.9 Å². The van der Waals surface area contributed by atoms with Gasteiger partial charge in [0, 0.05) is 56.3 Å². The van der Waals surface area contributed by atoms with Crippen LogP contribution in [0.1, 0.15) is 30.7 Å². The first-order valence-electron chi connectivity index (χ1n) is 13.3. The van der Waals surface area contributed by atoms with Crippen molar-refractivity contribution in [2.75, 3.05) is 57.9 Å². The Morgan fingerprint density at radius 2 is 2.03 bits per heavy atom. The Hall–Kier alpha value is -2.63. The second kappa shape index (κ2) is 10.7. The summed E-state index contributed by atoms with van der Waals surface area (Å²) in [7, 11) is 2.15. The monoisotopic (exact) mass is 569 g/mol. The Balaban J connectivity index is 0.000000410. The van der Waals surface area contributed by atoms with Crippen LogP contribution in [-0.2, 0) is 10.2 Å². The lowest BCUT2D eigenvalue weighted by Gasteiger charge is -2.34. The van der Waals surface area contributed by atoms with E-state index in [0.29, 0.717) is 10.9 Å². The van der Waals surface area contributed by atoms with Gasteiger partial charge in [0.1, 0.15) is 23.4 Å². The highest BCUT2D eigenvalue weighted by Gasteiger charge is 2.48. The van der Waals surface area contributed by atoms with Gasteiger partial charge in [-0.05, 0) is 50.7 Å². The maximum atomic E-state index is 13.4. The quantitative estimate of drug-likeness (QED) is 0.310. The summed E-state index contributed by atoms with van der Waals surface area (Å²) in [6, 6.07) is 4.58. The van der Waals surface area contributed by atoms with E-state index in [1.165, 1.54) is 23.3 Å². The molecule has 5 heterocycles. The van der Waals surface area contributed by atoms with E-state index in [2.05, 4.69) is 53.6 Å². The van der Waals surface area contributed by atoms with Gasteiger partial charge in [0.15, 0.2) is 10.8 Å². The molecule has 7 rings (SSSR count). The number of nitriles is 1. The van der Waals surface area contributed by atoms with Crippen LogP contribution in [-0.4, -0.2) is 89.3 Å². The number of pyridine rings is 1. The van der Waals surface area contributed by atoms with E-state index in [-0.39, 0.29) is 12.2 Å². The van der Waals surface area contributed by atoms with E-state index in [9.17, 15) is 14.4 Å². The van der Waals surface area contributed by atoms with Gasteiger partial charge >= 0.3 is 0 Å². The molecule has 0 unspecified atom stereocenters. The van der Waals surface area contributed by atoms with Crippen molar-refractivity contribution in [2.24, 2.45) is 5.92 Å². The molecule has 3 aromatic rings. The molecule has 13 heteroatoms. The number of alkyl halides is 1. The number of nitrogens with one attached hydrogen (secondary N) is 2. The summed E-state index contributed by atoms with van der Waals surface area (Å²) in [5.74, 6) is 1.05. The smallest absolute Gasteiger partial charge is 0.183 e. The third kappa shape index (κ3) is 5.40. The molecular formula is C26H32FN9OS2. The topological polar surface area (TPSA) is 114 Å². The average molecular weight is 570 g/mol. The summed E-state index contributed by atoms with van der Waals surface area (Å²) < 4.78 is 18.8. The number of halogens is 1. The number of aldehydes is 1. The van der Waals surface area contributed by atoms with Crippen LogP contribution in [0.3, 0.4) is 0 Å². The molecule has 2 saturated heterocycles. The summed E-state index contributed by atoms with van der Waals surface area (Å²) in [5.41, 5.74) is 1.31. The van der Waals surface area contributed by atoms with Crippen molar-refractivity contribution in [1.29, 1.82) is 5.26 Å². The van der Waals surface area contributed by atoms with Gasteiger partial charge in [-0.25, -0.2) is 9.37 Å². The van der Waals surface area contributed by atoms with Gasteiger partial charge in [0.05, 0.1) is 29.0 Å². The number of hydrogen-bond donors (Lipinski definition) is 2. The first-order valence-corrected chi connectivity index (χ1v) is 15.0. The van der Waals surface area contributed by atoms with Crippen LogP contribution in [0.5, 0.6) is 0 Å². The van der Waals surface area contributed by atoms with Crippen LogP contribution >= 0.6 is 23.3 Å². The lowest BCUT2D eigenvalue weighted by Crippen LogP contribution is -2.44. The number of carbonyl (C=O) groups is 1. The largest absolute Gasteiger partial charge is 0.367 e. The van der Waals surface area contributed by atoms with Gasteiger partial charge in [-0.1, -0.05) is 11.3 Å². The highest BCUT2D eigenvalue weighted by molar-refractivity contribution is 7.97. The summed E-state index contributed by atoms with van der Waals surface area (Å²) in [6.07, 6.45) is 8.36. The Morgan fingerprint density at radius 1 is 1.26 bits per heavy atom. The van der Waals surface area contributed by atoms with Gasteiger partial charge in [0.2, 0.25) is 0 Å². The Kier molecular flexibility index (Phi) is 7.32. The molecule has 3 aromatic heterocycles. The van der Waals surface area contributed by atoms with Gasteiger partial charge in [0.25, 0.3) is 0 Å². The van der Waals surface area contributed by atoms with E-state index in [4.69, 9.17) is 4.98 Å². The number of nitrogens with zero attached hydrogens (tertiary/aromatic N) is 7. The first kappa shape index (κ1) is 26.6. The molecule has 2 aliphatic heterocycles. The lowest BCUT2D eigenvalue weighted by molar-refractivity contribution is -0.112. The maximum Gasteiger partial charge on any atom is 0.183 e. The molecule has 4 aliphatic rings. The first-order chi connectivity index (χ1) is 19.0. The molecule has 206 valence electrons. The standard InChI is InChI=1S/C22H25FN8S2.C4H7NO/c1-29-6-8-30(9-7-29)16-10-15(33-28-22(13-23)4-5-22)12-31-17(16)11-25-18(31)19-26-27-20(32-19)21(14-24)2-3-21;6-3-4-1-5-2-4/h10-12,28H,2-9,13H2,1H3;3-5H,1-2H2. The van der Waals surface area contributed by atoms with Crippen LogP contribution in [0, 0.1) is 17.2 Å². The zero-order valence-corrected chi connectivity index (χ0v) is 23.5. The molecule has 0 radical (unpaired) electrons. The zero-order chi connectivity index (χ0) is 27.0. The van der Waals surface area contributed by atoms with Crippen LogP contribution in [0.4, 0.5) is 10.1 Å². The number of likely N-dealkylation sites (N-methyl/N-ethyl adjacent to an activating group) is 1. The fraction of sp³-hybridized carbons (Fsp3) is 0.577. The van der Waals surface area contributed by atoms with Crippen molar-refractivity contribution in [2.45, 2.75) is 41.5 Å². The van der Waals surface area contributed by atoms with Gasteiger partial charge in [-0.15, -0.1) is 10.2 Å². The van der Waals surface area contributed by atoms with Crippen molar-refractivity contribution in [3.63, 3.8) is 0 Å². The van der Waals surface area contributed by atoms with Crippen molar-refractivity contribution in [3.05, 3.63) is 23.5 Å². The minimum Gasteiger partial charge on any atom is -0.367 e. The summed E-state index contributed by atoms with van der Waals surface area (Å²) in [4.78, 5) is 20.2. The maximum absolute atomic E-state index is 13.4. The van der Waals surface area contributed by atoms with E-state index in [1.807, 2.05) is 12.4 Å². The SMILES string of the molecule is CN1CCN(c2cc(SNC3(CF)CC3)cn3c(-c4nnc(C5(C#N)CC5)s4)ncc23)CC1.O=CC1CNC1. The van der Waals surface area contributed by atoms with E-state index in [0.717, 1.165) is 98.2 Å². The predicted molar refractivity (Wildman–Crippen MR) is 150 cm³/mol. The number of rotatable bonds is 8. The number of anilines is 1. The molecule has 2 N–H and O–H groups in total. The molecule has 4 fully saturated rings. The highest BCUT2D eigenvalue weighted by atomic mass is 32.2. The minimum absolute atomic E-state index is 0.324. The molecule has 0 amide bonds. The molecule has 0 atom stereocenters. The van der Waals surface area contributed by atoms with Crippen LogP contribution in [0.2, 0.25) is 0 Å². The summed E-state index contributed by atoms with van der Waals surface area (Å²) in [6.45, 7) is 5.32. The lowest BCUT2D eigenvalue weighted by atomic mass is 10.1. The van der Waals surface area contributed by atoms with Gasteiger partial charge in [-0.2, -0.15) is 5.26 Å². The molecule has 39 heavy (non-hydrogen) atoms. The number of piperazine rings is 1. The number of fused-ring (bicyclic) bond motifs is 1. The Bertz CT molecular complexity index is 1380. The molecule has 0 aromatic carbocycles. The molecule has 2 aliphatic carbocycles. The number of hydrogen-bond acceptors (Lipinski definition) is 11.